The van der Waals surface area contributed by atoms with E-state index in [1.165, 1.54) is 22.3 Å². The summed E-state index contributed by atoms with van der Waals surface area (Å²) >= 11 is 1.31. The van der Waals surface area contributed by atoms with Gasteiger partial charge in [-0.25, -0.2) is 0 Å². The summed E-state index contributed by atoms with van der Waals surface area (Å²) in [5.74, 6) is -0.377. The van der Waals surface area contributed by atoms with Crippen molar-refractivity contribution in [2.24, 2.45) is 10.1 Å². The van der Waals surface area contributed by atoms with Crippen LogP contribution in [0.5, 0.6) is 0 Å². The SMILES string of the molecule is Cc1ccccc1-n1c(C)cc(/C=C2/C(=N)N3N=C(c4ccccc4)SC3=NC2=O)c1C. The Balaban J connectivity index is 1.53. The van der Waals surface area contributed by atoms with Crippen molar-refractivity contribution in [3.8, 4) is 5.69 Å². The van der Waals surface area contributed by atoms with Crippen molar-refractivity contribution in [1.82, 2.24) is 9.58 Å². The summed E-state index contributed by atoms with van der Waals surface area (Å²) in [6.07, 6.45) is 1.75. The van der Waals surface area contributed by atoms with Crippen LogP contribution in [0.2, 0.25) is 0 Å². The predicted molar refractivity (Wildman–Crippen MR) is 131 cm³/mol. The first-order valence-electron chi connectivity index (χ1n) is 10.2. The third-order valence-corrected chi connectivity index (χ3v) is 6.56. The van der Waals surface area contributed by atoms with Gasteiger partial charge in [0.2, 0.25) is 5.17 Å². The molecule has 0 bridgehead atoms. The standard InChI is InChI=1S/C25H21N5OS/c1-15-9-7-8-12-21(15)29-16(2)13-19(17(29)3)14-20-22(26)30-25(27-23(20)31)32-24(28-30)18-10-5-4-6-11-18/h4-14,26H,1-3H3/b20-14-,26-22?. The Morgan fingerprint density at radius 2 is 1.72 bits per heavy atom. The van der Waals surface area contributed by atoms with Gasteiger partial charge in [0.1, 0.15) is 5.04 Å². The van der Waals surface area contributed by atoms with Crippen LogP contribution in [0.4, 0.5) is 0 Å². The van der Waals surface area contributed by atoms with Gasteiger partial charge in [0, 0.05) is 22.6 Å². The van der Waals surface area contributed by atoms with Gasteiger partial charge in [-0.05, 0) is 61.9 Å². The lowest BCUT2D eigenvalue weighted by Gasteiger charge is -2.20. The van der Waals surface area contributed by atoms with Crippen molar-refractivity contribution in [3.63, 3.8) is 0 Å². The molecule has 0 radical (unpaired) electrons. The van der Waals surface area contributed by atoms with Gasteiger partial charge in [0.05, 0.1) is 5.57 Å². The quantitative estimate of drug-likeness (QED) is 0.579. The van der Waals surface area contributed by atoms with Crippen LogP contribution in [0.1, 0.15) is 28.1 Å². The average molecular weight is 440 g/mol. The number of nitrogens with zero attached hydrogens (tertiary/aromatic N) is 4. The molecule has 3 aromatic rings. The number of nitrogens with one attached hydrogen (secondary N) is 1. The fourth-order valence-corrected chi connectivity index (χ4v) is 4.86. The second-order valence-corrected chi connectivity index (χ2v) is 8.70. The van der Waals surface area contributed by atoms with E-state index in [4.69, 9.17) is 5.41 Å². The Hall–Kier alpha value is -3.71. The Morgan fingerprint density at radius 1 is 1.00 bits per heavy atom. The van der Waals surface area contributed by atoms with Crippen molar-refractivity contribution in [2.45, 2.75) is 20.8 Å². The summed E-state index contributed by atoms with van der Waals surface area (Å²) in [4.78, 5) is 17.0. The number of hydrogen-bond acceptors (Lipinski definition) is 4. The molecular weight excluding hydrogens is 418 g/mol. The van der Waals surface area contributed by atoms with Crippen LogP contribution in [0.3, 0.4) is 0 Å². The van der Waals surface area contributed by atoms with Crippen molar-refractivity contribution in [3.05, 3.63) is 94.3 Å². The Morgan fingerprint density at radius 3 is 2.47 bits per heavy atom. The maximum Gasteiger partial charge on any atom is 0.283 e. The van der Waals surface area contributed by atoms with Crippen LogP contribution in [0, 0.1) is 26.2 Å². The molecule has 32 heavy (non-hydrogen) atoms. The van der Waals surface area contributed by atoms with E-state index in [0.29, 0.717) is 5.17 Å². The zero-order valence-electron chi connectivity index (χ0n) is 18.0. The van der Waals surface area contributed by atoms with Crippen LogP contribution in [-0.4, -0.2) is 31.5 Å². The summed E-state index contributed by atoms with van der Waals surface area (Å²) in [7, 11) is 0. The van der Waals surface area contributed by atoms with Gasteiger partial charge in [-0.1, -0.05) is 48.5 Å². The molecule has 1 aromatic heterocycles. The number of amides is 1. The summed E-state index contributed by atoms with van der Waals surface area (Å²) < 4.78 is 2.17. The van der Waals surface area contributed by atoms with Gasteiger partial charge in [0.15, 0.2) is 5.84 Å². The summed E-state index contributed by atoms with van der Waals surface area (Å²) in [5, 5.41) is 15.8. The van der Waals surface area contributed by atoms with Crippen molar-refractivity contribution in [2.75, 3.05) is 0 Å². The lowest BCUT2D eigenvalue weighted by molar-refractivity contribution is -0.114. The Kier molecular flexibility index (Phi) is 4.90. The molecule has 0 aliphatic carbocycles. The molecule has 0 saturated heterocycles. The highest BCUT2D eigenvalue weighted by Gasteiger charge is 2.36. The minimum atomic E-state index is -0.418. The van der Waals surface area contributed by atoms with Gasteiger partial charge in [-0.3, -0.25) is 10.2 Å². The predicted octanol–water partition coefficient (Wildman–Crippen LogP) is 5.07. The number of carbonyl (C=O) groups is 1. The van der Waals surface area contributed by atoms with Crippen LogP contribution in [0.25, 0.3) is 11.8 Å². The molecule has 1 N–H and O–H groups in total. The highest BCUT2D eigenvalue weighted by Crippen LogP contribution is 2.32. The molecule has 2 aliphatic heterocycles. The number of fused-ring (bicyclic) bond motifs is 1. The van der Waals surface area contributed by atoms with Crippen LogP contribution in [-0.2, 0) is 4.79 Å². The highest BCUT2D eigenvalue weighted by atomic mass is 32.2. The van der Waals surface area contributed by atoms with Gasteiger partial charge in [-0.15, -0.1) is 0 Å². The second kappa shape index (κ2) is 7.76. The Bertz CT molecular complexity index is 1360. The zero-order valence-corrected chi connectivity index (χ0v) is 18.8. The fourth-order valence-electron chi connectivity index (χ4n) is 3.96. The van der Waals surface area contributed by atoms with Crippen molar-refractivity contribution < 1.29 is 4.79 Å². The molecule has 158 valence electrons. The number of aryl methyl sites for hydroxylation is 2. The third kappa shape index (κ3) is 3.31. The monoisotopic (exact) mass is 439 g/mol. The first kappa shape index (κ1) is 20.2. The van der Waals surface area contributed by atoms with Crippen LogP contribution >= 0.6 is 11.8 Å². The maximum atomic E-state index is 12.8. The molecular formula is C25H21N5OS. The fraction of sp³-hybridized carbons (Fsp3) is 0.120. The van der Waals surface area contributed by atoms with E-state index in [1.807, 2.05) is 62.4 Å². The number of hydrogen-bond donors (Lipinski definition) is 1. The molecule has 5 rings (SSSR count). The lowest BCUT2D eigenvalue weighted by Crippen LogP contribution is -2.35. The van der Waals surface area contributed by atoms with Gasteiger partial charge >= 0.3 is 0 Å². The average Bonchev–Trinajstić information content (AvgIpc) is 3.33. The maximum absolute atomic E-state index is 12.8. The molecule has 7 heteroatoms. The zero-order chi connectivity index (χ0) is 22.4. The largest absolute Gasteiger partial charge is 0.318 e. The van der Waals surface area contributed by atoms with Crippen molar-refractivity contribution >= 4 is 39.8 Å². The molecule has 0 atom stereocenters. The number of rotatable bonds is 3. The molecule has 0 unspecified atom stereocenters. The molecule has 3 heterocycles. The first-order chi connectivity index (χ1) is 15.4. The summed E-state index contributed by atoms with van der Waals surface area (Å²) in [5.41, 5.74) is 6.38. The number of hydrazone groups is 1. The van der Waals surface area contributed by atoms with E-state index >= 15 is 0 Å². The van der Waals surface area contributed by atoms with E-state index in [9.17, 15) is 4.79 Å². The molecule has 2 aliphatic rings. The second-order valence-electron chi connectivity index (χ2n) is 7.74. The smallest absolute Gasteiger partial charge is 0.283 e. The number of aliphatic imine (C=N–C) groups is 1. The minimum Gasteiger partial charge on any atom is -0.318 e. The van der Waals surface area contributed by atoms with Crippen LogP contribution < -0.4 is 0 Å². The van der Waals surface area contributed by atoms with E-state index in [0.717, 1.165) is 33.2 Å². The van der Waals surface area contributed by atoms with E-state index in [2.05, 4.69) is 33.7 Å². The van der Waals surface area contributed by atoms with Gasteiger partial charge < -0.3 is 4.57 Å². The highest BCUT2D eigenvalue weighted by molar-refractivity contribution is 8.27. The summed E-state index contributed by atoms with van der Waals surface area (Å²) in [6.45, 7) is 6.14. The molecule has 0 fully saturated rings. The van der Waals surface area contributed by atoms with E-state index in [-0.39, 0.29) is 11.4 Å². The third-order valence-electron chi connectivity index (χ3n) is 5.60. The van der Waals surface area contributed by atoms with E-state index < -0.39 is 5.91 Å². The van der Waals surface area contributed by atoms with Gasteiger partial charge in [0.25, 0.3) is 5.91 Å². The molecule has 6 nitrogen and oxygen atoms in total. The summed E-state index contributed by atoms with van der Waals surface area (Å²) in [6, 6.07) is 19.9. The van der Waals surface area contributed by atoms with Crippen molar-refractivity contribution in [1.29, 1.82) is 5.41 Å². The molecule has 2 aromatic carbocycles. The number of thioether (sulfide) groups is 1. The number of aromatic nitrogens is 1. The number of para-hydroxylation sites is 1. The normalized spacial score (nSPS) is 17.0. The lowest BCUT2D eigenvalue weighted by atomic mass is 10.1. The number of carbonyl (C=O) groups excluding carboxylic acids is 1. The Labute approximate surface area is 190 Å². The molecule has 0 saturated carbocycles. The number of benzene rings is 2. The topological polar surface area (TPSA) is 73.8 Å². The van der Waals surface area contributed by atoms with Crippen LogP contribution in [0.15, 0.2) is 76.3 Å². The number of amidine groups is 2. The van der Waals surface area contributed by atoms with E-state index in [1.54, 1.807) is 6.08 Å². The minimum absolute atomic E-state index is 0.0409. The van der Waals surface area contributed by atoms with Gasteiger partial charge in [-0.2, -0.15) is 15.1 Å². The first-order valence-corrected chi connectivity index (χ1v) is 11.1. The molecule has 1 amide bonds. The molecule has 0 spiro atoms.